The number of carboxylic acids is 1. The van der Waals surface area contributed by atoms with E-state index in [2.05, 4.69) is 4.90 Å². The van der Waals surface area contributed by atoms with E-state index in [-0.39, 0.29) is 5.56 Å². The van der Waals surface area contributed by atoms with Gasteiger partial charge >= 0.3 is 5.97 Å². The van der Waals surface area contributed by atoms with Gasteiger partial charge in [-0.1, -0.05) is 30.3 Å². The highest BCUT2D eigenvalue weighted by atomic mass is 16.4. The molecule has 25 heavy (non-hydrogen) atoms. The van der Waals surface area contributed by atoms with E-state index in [1.165, 1.54) is 6.42 Å². The van der Waals surface area contributed by atoms with Gasteiger partial charge in [0.25, 0.3) is 0 Å². The van der Waals surface area contributed by atoms with Gasteiger partial charge in [-0.15, -0.1) is 0 Å². The lowest BCUT2D eigenvalue weighted by molar-refractivity contribution is 0.0697. The van der Waals surface area contributed by atoms with Crippen molar-refractivity contribution in [3.05, 3.63) is 54.1 Å². The molecule has 2 heterocycles. The van der Waals surface area contributed by atoms with Crippen LogP contribution in [0, 0.1) is 0 Å². The van der Waals surface area contributed by atoms with Crippen LogP contribution in [0.4, 0.5) is 5.82 Å². The highest BCUT2D eigenvalue weighted by molar-refractivity contribution is 5.93. The molecule has 4 rings (SSSR count). The van der Waals surface area contributed by atoms with Crippen molar-refractivity contribution in [3.8, 4) is 11.3 Å². The molecule has 0 saturated carbocycles. The topological polar surface area (TPSA) is 66.3 Å². The average molecular weight is 333 g/mol. The fraction of sp³-hybridized carbons (Fsp3) is 0.250. The molecule has 1 N–H and O–H groups in total. The Kier molecular flexibility index (Phi) is 4.06. The first-order valence-corrected chi connectivity index (χ1v) is 8.58. The summed E-state index contributed by atoms with van der Waals surface area (Å²) in [6, 6.07) is 15.0. The molecule has 1 aliphatic heterocycles. The largest absolute Gasteiger partial charge is 0.478 e. The minimum Gasteiger partial charge on any atom is -0.478 e. The lowest BCUT2D eigenvalue weighted by Gasteiger charge is -2.29. The number of nitrogens with zero attached hydrogens (tertiary/aromatic N) is 3. The number of hydrogen-bond donors (Lipinski definition) is 1. The molecule has 1 aliphatic rings. The monoisotopic (exact) mass is 333 g/mol. The van der Waals surface area contributed by atoms with Gasteiger partial charge < -0.3 is 10.0 Å². The van der Waals surface area contributed by atoms with Crippen LogP contribution in [0.25, 0.3) is 22.3 Å². The quantitative estimate of drug-likeness (QED) is 0.785. The summed E-state index contributed by atoms with van der Waals surface area (Å²) >= 11 is 0. The molecule has 2 aromatic carbocycles. The fourth-order valence-corrected chi connectivity index (χ4v) is 3.29. The third-order valence-electron chi connectivity index (χ3n) is 4.60. The fourth-order valence-electron chi connectivity index (χ4n) is 3.29. The van der Waals surface area contributed by atoms with Gasteiger partial charge in [0.05, 0.1) is 16.6 Å². The summed E-state index contributed by atoms with van der Waals surface area (Å²) in [5.41, 5.74) is 3.46. The zero-order chi connectivity index (χ0) is 17.2. The number of hydrogen-bond acceptors (Lipinski definition) is 4. The van der Waals surface area contributed by atoms with E-state index in [0.717, 1.165) is 43.0 Å². The minimum absolute atomic E-state index is 0.235. The van der Waals surface area contributed by atoms with Crippen LogP contribution in [0.3, 0.4) is 0 Å². The smallest absolute Gasteiger partial charge is 0.335 e. The lowest BCUT2D eigenvalue weighted by Crippen LogP contribution is -2.31. The molecule has 0 unspecified atom stereocenters. The zero-order valence-electron chi connectivity index (χ0n) is 13.9. The number of aromatic nitrogens is 2. The number of benzene rings is 2. The normalized spacial score (nSPS) is 14.6. The Morgan fingerprint density at radius 1 is 0.920 bits per heavy atom. The Hall–Kier alpha value is -2.95. The van der Waals surface area contributed by atoms with Gasteiger partial charge in [-0.25, -0.2) is 14.8 Å². The van der Waals surface area contributed by atoms with Gasteiger partial charge in [0.2, 0.25) is 0 Å². The van der Waals surface area contributed by atoms with Crippen LogP contribution >= 0.6 is 0 Å². The predicted molar refractivity (Wildman–Crippen MR) is 98.0 cm³/mol. The second-order valence-electron chi connectivity index (χ2n) is 6.32. The third kappa shape index (κ3) is 3.05. The molecule has 5 nitrogen and oxygen atoms in total. The summed E-state index contributed by atoms with van der Waals surface area (Å²) < 4.78 is 0. The van der Waals surface area contributed by atoms with Gasteiger partial charge in [-0.3, -0.25) is 0 Å². The summed E-state index contributed by atoms with van der Waals surface area (Å²) in [7, 11) is 0. The molecular formula is C20H19N3O2. The summed E-state index contributed by atoms with van der Waals surface area (Å²) in [6.07, 6.45) is 3.52. The maximum atomic E-state index is 11.3. The van der Waals surface area contributed by atoms with E-state index in [1.807, 2.05) is 30.3 Å². The lowest BCUT2D eigenvalue weighted by atomic mass is 10.1. The first-order chi connectivity index (χ1) is 12.2. The summed E-state index contributed by atoms with van der Waals surface area (Å²) in [5.74, 6) is -0.101. The molecule has 1 aromatic heterocycles. The molecule has 0 bridgehead atoms. The Morgan fingerprint density at radius 3 is 2.40 bits per heavy atom. The SMILES string of the molecule is O=C(O)c1ccc2nc(-c3ccccc3)c(N3CCCCC3)nc2c1. The van der Waals surface area contributed by atoms with Crippen LogP contribution in [-0.4, -0.2) is 34.1 Å². The highest BCUT2D eigenvalue weighted by Crippen LogP contribution is 2.31. The van der Waals surface area contributed by atoms with E-state index in [0.29, 0.717) is 11.0 Å². The van der Waals surface area contributed by atoms with E-state index >= 15 is 0 Å². The molecule has 0 aliphatic carbocycles. The summed E-state index contributed by atoms with van der Waals surface area (Å²) in [5, 5.41) is 9.24. The van der Waals surface area contributed by atoms with Crippen molar-refractivity contribution >= 4 is 22.8 Å². The van der Waals surface area contributed by atoms with Crippen molar-refractivity contribution in [2.45, 2.75) is 19.3 Å². The van der Waals surface area contributed by atoms with Crippen LogP contribution in [0.2, 0.25) is 0 Å². The molecule has 1 fully saturated rings. The first kappa shape index (κ1) is 15.6. The average Bonchev–Trinajstić information content (AvgIpc) is 2.68. The van der Waals surface area contributed by atoms with Gasteiger partial charge in [0, 0.05) is 18.7 Å². The number of aromatic carboxylic acids is 1. The zero-order valence-corrected chi connectivity index (χ0v) is 13.9. The molecule has 1 saturated heterocycles. The highest BCUT2D eigenvalue weighted by Gasteiger charge is 2.19. The van der Waals surface area contributed by atoms with Gasteiger partial charge in [0.15, 0.2) is 5.82 Å². The molecule has 126 valence electrons. The van der Waals surface area contributed by atoms with E-state index in [4.69, 9.17) is 9.97 Å². The van der Waals surface area contributed by atoms with Crippen LogP contribution in [0.5, 0.6) is 0 Å². The van der Waals surface area contributed by atoms with Crippen LogP contribution in [0.1, 0.15) is 29.6 Å². The maximum absolute atomic E-state index is 11.3. The third-order valence-corrected chi connectivity index (χ3v) is 4.60. The number of piperidine rings is 1. The summed E-state index contributed by atoms with van der Waals surface area (Å²) in [4.78, 5) is 23.2. The molecule has 0 amide bonds. The molecule has 0 spiro atoms. The Labute approximate surface area is 146 Å². The number of carbonyl (C=O) groups is 1. The molecule has 0 atom stereocenters. The van der Waals surface area contributed by atoms with Gasteiger partial charge in [-0.05, 0) is 37.5 Å². The number of carboxylic acid groups (broad SMARTS) is 1. The van der Waals surface area contributed by atoms with Crippen LogP contribution < -0.4 is 4.90 Å². The maximum Gasteiger partial charge on any atom is 0.335 e. The van der Waals surface area contributed by atoms with E-state index < -0.39 is 5.97 Å². The van der Waals surface area contributed by atoms with Crippen molar-refractivity contribution in [2.75, 3.05) is 18.0 Å². The Morgan fingerprint density at radius 2 is 1.68 bits per heavy atom. The first-order valence-electron chi connectivity index (χ1n) is 8.58. The number of anilines is 1. The van der Waals surface area contributed by atoms with Gasteiger partial charge in [-0.2, -0.15) is 0 Å². The molecular weight excluding hydrogens is 314 g/mol. The van der Waals surface area contributed by atoms with Gasteiger partial charge in [0.1, 0.15) is 5.69 Å². The molecule has 5 heteroatoms. The second kappa shape index (κ2) is 6.51. The Balaban J connectivity index is 1.91. The minimum atomic E-state index is -0.949. The van der Waals surface area contributed by atoms with Crippen molar-refractivity contribution in [1.82, 2.24) is 9.97 Å². The van der Waals surface area contributed by atoms with Crippen molar-refractivity contribution in [2.24, 2.45) is 0 Å². The molecule has 3 aromatic rings. The standard InChI is InChI=1S/C20H19N3O2/c24-20(25)15-9-10-16-17(13-15)22-19(23-11-5-2-6-12-23)18(21-16)14-7-3-1-4-8-14/h1,3-4,7-10,13H,2,5-6,11-12H2,(H,24,25). The Bertz CT molecular complexity index is 919. The predicted octanol–water partition coefficient (Wildman–Crippen LogP) is 3.99. The van der Waals surface area contributed by atoms with Crippen LogP contribution in [-0.2, 0) is 0 Å². The van der Waals surface area contributed by atoms with Crippen molar-refractivity contribution in [3.63, 3.8) is 0 Å². The second-order valence-corrected chi connectivity index (χ2v) is 6.32. The summed E-state index contributed by atoms with van der Waals surface area (Å²) in [6.45, 7) is 1.91. The van der Waals surface area contributed by atoms with Crippen molar-refractivity contribution < 1.29 is 9.90 Å². The number of fused-ring (bicyclic) bond motifs is 1. The van der Waals surface area contributed by atoms with E-state index in [9.17, 15) is 9.90 Å². The van der Waals surface area contributed by atoms with E-state index in [1.54, 1.807) is 18.2 Å². The van der Waals surface area contributed by atoms with Crippen LogP contribution in [0.15, 0.2) is 48.5 Å². The molecule has 0 radical (unpaired) electrons. The van der Waals surface area contributed by atoms with Crippen molar-refractivity contribution in [1.29, 1.82) is 0 Å². The number of rotatable bonds is 3.